The molecule has 0 spiro atoms. The second-order valence-electron chi connectivity index (χ2n) is 2.74. The molecule has 0 aliphatic carbocycles. The summed E-state index contributed by atoms with van der Waals surface area (Å²) in [6.45, 7) is 4.41. The van der Waals surface area contributed by atoms with Gasteiger partial charge in [0.1, 0.15) is 0 Å². The Balaban J connectivity index is 2.82. The Morgan fingerprint density at radius 3 is 2.92 bits per heavy atom. The predicted molar refractivity (Wildman–Crippen MR) is 45.9 cm³/mol. The average Bonchev–Trinajstić information content (AvgIpc) is 2.50. The normalized spacial score (nSPS) is 12.9. The van der Waals surface area contributed by atoms with Gasteiger partial charge in [-0.3, -0.25) is 9.48 Å². The number of aromatic nitrogens is 2. The van der Waals surface area contributed by atoms with E-state index in [0.29, 0.717) is 5.56 Å². The minimum absolute atomic E-state index is 0.0605. The Bertz CT molecular complexity index is 278. The number of aryl methyl sites for hydroxylation is 1. The van der Waals surface area contributed by atoms with Crippen molar-refractivity contribution in [3.05, 3.63) is 18.0 Å². The number of carbonyl (C=O) groups is 1. The third-order valence-corrected chi connectivity index (χ3v) is 1.66. The van der Waals surface area contributed by atoms with Gasteiger partial charge in [0.15, 0.2) is 5.78 Å². The van der Waals surface area contributed by atoms with E-state index in [-0.39, 0.29) is 5.78 Å². The van der Waals surface area contributed by atoms with E-state index in [4.69, 9.17) is 5.73 Å². The zero-order chi connectivity index (χ0) is 9.14. The fraction of sp³-hybridized carbons (Fsp3) is 0.500. The highest BCUT2D eigenvalue weighted by molar-refractivity contribution is 5.99. The van der Waals surface area contributed by atoms with Crippen LogP contribution in [0, 0.1) is 0 Å². The topological polar surface area (TPSA) is 60.9 Å². The molecule has 0 radical (unpaired) electrons. The summed E-state index contributed by atoms with van der Waals surface area (Å²) in [4.78, 5) is 11.3. The van der Waals surface area contributed by atoms with Crippen molar-refractivity contribution in [1.29, 1.82) is 0 Å². The number of hydrogen-bond donors (Lipinski definition) is 1. The summed E-state index contributed by atoms with van der Waals surface area (Å²) in [6, 6.07) is -0.445. The van der Waals surface area contributed by atoms with Crippen LogP contribution in [0.5, 0.6) is 0 Å². The van der Waals surface area contributed by atoms with Crippen molar-refractivity contribution in [2.75, 3.05) is 0 Å². The molecule has 1 atom stereocenters. The van der Waals surface area contributed by atoms with Gasteiger partial charge in [-0.25, -0.2) is 0 Å². The van der Waals surface area contributed by atoms with Crippen LogP contribution in [0.3, 0.4) is 0 Å². The molecule has 1 aromatic heterocycles. The summed E-state index contributed by atoms with van der Waals surface area (Å²) in [5.41, 5.74) is 6.02. The molecule has 0 aliphatic heterocycles. The van der Waals surface area contributed by atoms with Gasteiger partial charge in [0.2, 0.25) is 0 Å². The largest absolute Gasteiger partial charge is 0.321 e. The summed E-state index contributed by atoms with van der Waals surface area (Å²) in [5.74, 6) is -0.0605. The van der Waals surface area contributed by atoms with Crippen LogP contribution >= 0.6 is 0 Å². The monoisotopic (exact) mass is 167 g/mol. The molecule has 1 unspecified atom stereocenters. The molecule has 1 heterocycles. The zero-order valence-electron chi connectivity index (χ0n) is 7.32. The molecule has 4 nitrogen and oxygen atoms in total. The summed E-state index contributed by atoms with van der Waals surface area (Å²) in [7, 11) is 0. The molecule has 0 aliphatic rings. The average molecular weight is 167 g/mol. The second kappa shape index (κ2) is 3.49. The van der Waals surface area contributed by atoms with Crippen molar-refractivity contribution < 1.29 is 4.79 Å². The van der Waals surface area contributed by atoms with E-state index in [2.05, 4.69) is 5.10 Å². The first-order chi connectivity index (χ1) is 5.65. The molecule has 12 heavy (non-hydrogen) atoms. The molecule has 4 heteroatoms. The quantitative estimate of drug-likeness (QED) is 0.664. The van der Waals surface area contributed by atoms with Crippen LogP contribution in [0.25, 0.3) is 0 Å². The van der Waals surface area contributed by atoms with Gasteiger partial charge in [-0.2, -0.15) is 5.10 Å². The van der Waals surface area contributed by atoms with Gasteiger partial charge in [-0.15, -0.1) is 0 Å². The minimum atomic E-state index is -0.445. The van der Waals surface area contributed by atoms with Crippen LogP contribution in [0.15, 0.2) is 12.4 Å². The van der Waals surface area contributed by atoms with Gasteiger partial charge in [0.05, 0.1) is 17.8 Å². The maximum absolute atomic E-state index is 11.3. The van der Waals surface area contributed by atoms with Crippen molar-refractivity contribution in [1.82, 2.24) is 9.78 Å². The van der Waals surface area contributed by atoms with E-state index < -0.39 is 6.04 Å². The highest BCUT2D eigenvalue weighted by Gasteiger charge is 2.11. The Labute approximate surface area is 71.4 Å². The van der Waals surface area contributed by atoms with E-state index in [1.54, 1.807) is 24.0 Å². The van der Waals surface area contributed by atoms with Crippen LogP contribution in [-0.4, -0.2) is 21.6 Å². The van der Waals surface area contributed by atoms with Gasteiger partial charge in [0.25, 0.3) is 0 Å². The molecule has 0 bridgehead atoms. The van der Waals surface area contributed by atoms with Crippen LogP contribution in [0.4, 0.5) is 0 Å². The van der Waals surface area contributed by atoms with E-state index in [1.807, 2.05) is 6.92 Å². The second-order valence-corrected chi connectivity index (χ2v) is 2.74. The number of rotatable bonds is 3. The van der Waals surface area contributed by atoms with E-state index in [1.165, 1.54) is 0 Å². The number of hydrogen-bond acceptors (Lipinski definition) is 3. The molecular weight excluding hydrogens is 154 g/mol. The number of nitrogens with zero attached hydrogens (tertiary/aromatic N) is 2. The van der Waals surface area contributed by atoms with Gasteiger partial charge >= 0.3 is 0 Å². The minimum Gasteiger partial charge on any atom is -0.321 e. The smallest absolute Gasteiger partial charge is 0.182 e. The first-order valence-corrected chi connectivity index (χ1v) is 3.97. The number of carbonyl (C=O) groups excluding carboxylic acids is 1. The van der Waals surface area contributed by atoms with Crippen molar-refractivity contribution in [2.24, 2.45) is 5.73 Å². The number of ketones is 1. The van der Waals surface area contributed by atoms with Crippen LogP contribution < -0.4 is 5.73 Å². The zero-order valence-corrected chi connectivity index (χ0v) is 7.32. The van der Waals surface area contributed by atoms with Crippen LogP contribution in [-0.2, 0) is 6.54 Å². The lowest BCUT2D eigenvalue weighted by molar-refractivity contribution is 0.0968. The number of Topliss-reactive ketones (excluding diaryl/α,β-unsaturated/α-hetero) is 1. The van der Waals surface area contributed by atoms with Crippen molar-refractivity contribution in [3.63, 3.8) is 0 Å². The summed E-state index contributed by atoms with van der Waals surface area (Å²) in [5, 5.41) is 3.98. The molecule has 2 N–H and O–H groups in total. The van der Waals surface area contributed by atoms with Crippen molar-refractivity contribution in [3.8, 4) is 0 Å². The summed E-state index contributed by atoms with van der Waals surface area (Å²) < 4.78 is 1.70. The fourth-order valence-corrected chi connectivity index (χ4v) is 0.927. The first-order valence-electron chi connectivity index (χ1n) is 3.97. The van der Waals surface area contributed by atoms with Crippen molar-refractivity contribution in [2.45, 2.75) is 26.4 Å². The third-order valence-electron chi connectivity index (χ3n) is 1.66. The summed E-state index contributed by atoms with van der Waals surface area (Å²) >= 11 is 0. The molecule has 0 saturated carbocycles. The maximum atomic E-state index is 11.3. The Kier molecular flexibility index (Phi) is 2.60. The van der Waals surface area contributed by atoms with Gasteiger partial charge in [-0.1, -0.05) is 0 Å². The molecule has 0 saturated heterocycles. The highest BCUT2D eigenvalue weighted by Crippen LogP contribution is 2.00. The lowest BCUT2D eigenvalue weighted by Gasteiger charge is -1.99. The molecule has 1 aromatic rings. The Morgan fingerprint density at radius 1 is 1.83 bits per heavy atom. The van der Waals surface area contributed by atoms with Crippen LogP contribution in [0.2, 0.25) is 0 Å². The maximum Gasteiger partial charge on any atom is 0.182 e. The molecule has 1 rings (SSSR count). The van der Waals surface area contributed by atoms with Gasteiger partial charge < -0.3 is 5.73 Å². The molecule has 0 aromatic carbocycles. The Hall–Kier alpha value is -1.16. The van der Waals surface area contributed by atoms with Crippen LogP contribution in [0.1, 0.15) is 24.2 Å². The van der Waals surface area contributed by atoms with E-state index in [9.17, 15) is 4.79 Å². The molecule has 66 valence electrons. The van der Waals surface area contributed by atoms with Gasteiger partial charge in [0, 0.05) is 12.7 Å². The third kappa shape index (κ3) is 1.71. The first kappa shape index (κ1) is 8.93. The number of nitrogens with two attached hydrogens (primary N) is 1. The molecular formula is C8H13N3O. The van der Waals surface area contributed by atoms with Gasteiger partial charge in [-0.05, 0) is 13.8 Å². The summed E-state index contributed by atoms with van der Waals surface area (Å²) in [6.07, 6.45) is 3.26. The van der Waals surface area contributed by atoms with E-state index >= 15 is 0 Å². The Morgan fingerprint density at radius 2 is 2.50 bits per heavy atom. The van der Waals surface area contributed by atoms with E-state index in [0.717, 1.165) is 6.54 Å². The highest BCUT2D eigenvalue weighted by atomic mass is 16.1. The standard InChI is InChI=1S/C8H13N3O/c1-3-11-5-7(4-10-11)8(12)6(2)9/h4-6H,3,9H2,1-2H3. The van der Waals surface area contributed by atoms with Crippen molar-refractivity contribution >= 4 is 5.78 Å². The predicted octanol–water partition coefficient (Wildman–Crippen LogP) is 0.433. The lowest BCUT2D eigenvalue weighted by atomic mass is 10.1. The molecule has 0 amide bonds. The molecule has 0 fully saturated rings. The fourth-order valence-electron chi connectivity index (χ4n) is 0.927. The lowest BCUT2D eigenvalue weighted by Crippen LogP contribution is -2.26. The SMILES string of the molecule is CCn1cc(C(=O)C(C)N)cn1.